The van der Waals surface area contributed by atoms with Crippen molar-refractivity contribution < 1.29 is 28.2 Å². The number of carbonyl (C=O) groups is 1. The molecule has 3 rings (SSSR count). The van der Waals surface area contributed by atoms with Crippen LogP contribution in [-0.2, 0) is 11.3 Å². The van der Waals surface area contributed by atoms with E-state index in [1.54, 1.807) is 29.7 Å². The molecule has 0 saturated carbocycles. The molecule has 0 radical (unpaired) electrons. The highest BCUT2D eigenvalue weighted by molar-refractivity contribution is 5.96. The van der Waals surface area contributed by atoms with E-state index in [1.807, 2.05) is 6.92 Å². The average molecular weight is 432 g/mol. The van der Waals surface area contributed by atoms with Crippen LogP contribution in [0.2, 0.25) is 0 Å². The number of carbonyl (C=O) groups excluding carboxylic acids is 1. The van der Waals surface area contributed by atoms with Gasteiger partial charge in [-0.15, -0.1) is 0 Å². The highest BCUT2D eigenvalue weighted by atomic mass is 19.1. The number of pyridine rings is 1. The lowest BCUT2D eigenvalue weighted by atomic mass is 10.0. The normalized spacial score (nSPS) is 12.3. The second kappa shape index (κ2) is 10.5. The van der Waals surface area contributed by atoms with Gasteiger partial charge in [-0.2, -0.15) is 0 Å². The summed E-state index contributed by atoms with van der Waals surface area (Å²) in [7, 11) is 0. The van der Waals surface area contributed by atoms with Crippen molar-refractivity contribution in [1.82, 2.24) is 9.38 Å². The van der Waals surface area contributed by atoms with Crippen LogP contribution < -0.4 is 4.74 Å². The molecule has 8 heteroatoms. The van der Waals surface area contributed by atoms with E-state index >= 15 is 0 Å². The fourth-order valence-corrected chi connectivity index (χ4v) is 3.35. The number of rotatable bonds is 11. The molecule has 2 aromatic heterocycles. The van der Waals surface area contributed by atoms with Crippen molar-refractivity contribution in [2.24, 2.45) is 5.92 Å². The van der Waals surface area contributed by atoms with Gasteiger partial charge in [0.2, 0.25) is 0 Å². The van der Waals surface area contributed by atoms with Crippen LogP contribution in [0.3, 0.4) is 0 Å². The van der Waals surface area contributed by atoms with E-state index in [-0.39, 0.29) is 36.9 Å². The molecule has 0 amide bonds. The number of Topliss-reactive ketones (excluding diaryl/α,β-unsaturated/α-hetero) is 1. The first kappa shape index (κ1) is 22.8. The van der Waals surface area contributed by atoms with E-state index in [2.05, 4.69) is 4.98 Å². The zero-order valence-corrected chi connectivity index (χ0v) is 17.6. The molecule has 166 valence electrons. The van der Waals surface area contributed by atoms with Crippen molar-refractivity contribution >= 4 is 11.4 Å². The summed E-state index contributed by atoms with van der Waals surface area (Å²) in [4.78, 5) is 17.4. The maximum Gasteiger partial charge on any atom is 0.181 e. The molecule has 1 unspecified atom stereocenters. The molecule has 31 heavy (non-hydrogen) atoms. The predicted octanol–water partition coefficient (Wildman–Crippen LogP) is 4.11. The van der Waals surface area contributed by atoms with Crippen LogP contribution in [0, 0.1) is 24.5 Å². The van der Waals surface area contributed by atoms with Crippen molar-refractivity contribution in [3.63, 3.8) is 0 Å². The first-order chi connectivity index (χ1) is 15.0. The SMILES string of the molecule is CCCOCC(CO)CC(=O)c1c(C)nc2c(OCc3c(F)cccc3F)cccn12. The molecule has 1 aromatic carbocycles. The Kier molecular flexibility index (Phi) is 7.70. The first-order valence-electron chi connectivity index (χ1n) is 10.2. The van der Waals surface area contributed by atoms with E-state index in [1.165, 1.54) is 18.2 Å². The number of imidazole rings is 1. The van der Waals surface area contributed by atoms with E-state index in [9.17, 15) is 18.7 Å². The monoisotopic (exact) mass is 432 g/mol. The maximum atomic E-state index is 13.9. The van der Waals surface area contributed by atoms with E-state index < -0.39 is 11.6 Å². The zero-order chi connectivity index (χ0) is 22.4. The predicted molar refractivity (Wildman–Crippen MR) is 111 cm³/mol. The van der Waals surface area contributed by atoms with E-state index in [4.69, 9.17) is 9.47 Å². The standard InChI is InChI=1S/C23H26F2N2O4/c1-3-10-30-13-16(12-28)11-20(29)22-15(2)26-23-21(8-5-9-27(22)23)31-14-17-18(24)6-4-7-19(17)25/h4-9,16,28H,3,10-14H2,1-2H3. The Hall–Kier alpha value is -2.84. The van der Waals surface area contributed by atoms with Gasteiger partial charge in [0.25, 0.3) is 0 Å². The molecule has 0 aliphatic rings. The quantitative estimate of drug-likeness (QED) is 0.365. The molecule has 1 atom stereocenters. The van der Waals surface area contributed by atoms with Gasteiger partial charge in [0.1, 0.15) is 23.9 Å². The number of aliphatic hydroxyl groups excluding tert-OH is 1. The number of aryl methyl sites for hydroxylation is 1. The van der Waals surface area contributed by atoms with Crippen LogP contribution in [0.25, 0.3) is 5.65 Å². The van der Waals surface area contributed by atoms with Gasteiger partial charge >= 0.3 is 0 Å². The Balaban J connectivity index is 1.82. The minimum Gasteiger partial charge on any atom is -0.485 e. The summed E-state index contributed by atoms with van der Waals surface area (Å²) >= 11 is 0. The van der Waals surface area contributed by atoms with Gasteiger partial charge in [0, 0.05) is 31.7 Å². The van der Waals surface area contributed by atoms with E-state index in [0.717, 1.165) is 6.42 Å². The summed E-state index contributed by atoms with van der Waals surface area (Å²) in [6, 6.07) is 6.93. The summed E-state index contributed by atoms with van der Waals surface area (Å²) in [5, 5.41) is 9.59. The Morgan fingerprint density at radius 1 is 1.23 bits per heavy atom. The number of hydrogen-bond acceptors (Lipinski definition) is 5. The molecule has 0 bridgehead atoms. The summed E-state index contributed by atoms with van der Waals surface area (Å²) in [6.45, 7) is 4.10. The largest absolute Gasteiger partial charge is 0.485 e. The molecule has 3 aromatic rings. The molecule has 2 heterocycles. The van der Waals surface area contributed by atoms with Gasteiger partial charge in [0.05, 0.1) is 17.9 Å². The van der Waals surface area contributed by atoms with Gasteiger partial charge in [-0.1, -0.05) is 13.0 Å². The Labute approximate surface area is 179 Å². The minimum absolute atomic E-state index is 0.111. The van der Waals surface area contributed by atoms with Crippen LogP contribution in [0.5, 0.6) is 5.75 Å². The average Bonchev–Trinajstić information content (AvgIpc) is 3.09. The van der Waals surface area contributed by atoms with Crippen molar-refractivity contribution in [3.05, 3.63) is 65.1 Å². The summed E-state index contributed by atoms with van der Waals surface area (Å²) in [5.41, 5.74) is 1.08. The number of hydrogen-bond donors (Lipinski definition) is 1. The first-order valence-corrected chi connectivity index (χ1v) is 10.2. The van der Waals surface area contributed by atoms with E-state index in [0.29, 0.717) is 36.0 Å². The Morgan fingerprint density at radius 2 is 1.97 bits per heavy atom. The van der Waals surface area contributed by atoms with Crippen LogP contribution >= 0.6 is 0 Å². The van der Waals surface area contributed by atoms with Gasteiger partial charge in [-0.3, -0.25) is 9.20 Å². The number of ketones is 1. The number of benzene rings is 1. The third-order valence-electron chi connectivity index (χ3n) is 4.92. The third-order valence-corrected chi connectivity index (χ3v) is 4.92. The molecule has 0 fully saturated rings. The lowest BCUT2D eigenvalue weighted by Gasteiger charge is -2.14. The van der Waals surface area contributed by atoms with Gasteiger partial charge in [-0.25, -0.2) is 13.8 Å². The lowest BCUT2D eigenvalue weighted by Crippen LogP contribution is -2.20. The maximum absolute atomic E-state index is 13.9. The summed E-state index contributed by atoms with van der Waals surface area (Å²) in [6.07, 6.45) is 2.65. The molecule has 6 nitrogen and oxygen atoms in total. The molecular weight excluding hydrogens is 406 g/mol. The van der Waals surface area contributed by atoms with Gasteiger partial charge < -0.3 is 14.6 Å². The van der Waals surface area contributed by atoms with Crippen LogP contribution in [0.15, 0.2) is 36.5 Å². The topological polar surface area (TPSA) is 73.1 Å². The van der Waals surface area contributed by atoms with Gasteiger partial charge in [-0.05, 0) is 37.6 Å². The second-order valence-corrected chi connectivity index (χ2v) is 7.35. The number of fused-ring (bicyclic) bond motifs is 1. The fourth-order valence-electron chi connectivity index (χ4n) is 3.35. The highest BCUT2D eigenvalue weighted by Gasteiger charge is 2.22. The molecule has 0 spiro atoms. The zero-order valence-electron chi connectivity index (χ0n) is 17.6. The number of aromatic nitrogens is 2. The molecule has 1 N–H and O–H groups in total. The fraction of sp³-hybridized carbons (Fsp3) is 0.391. The lowest BCUT2D eigenvalue weighted by molar-refractivity contribution is 0.0626. The van der Waals surface area contributed by atoms with Crippen molar-refractivity contribution in [2.45, 2.75) is 33.3 Å². The van der Waals surface area contributed by atoms with Gasteiger partial charge in [0.15, 0.2) is 17.2 Å². The number of nitrogens with zero attached hydrogens (tertiary/aromatic N) is 2. The number of aliphatic hydroxyl groups is 1. The highest BCUT2D eigenvalue weighted by Crippen LogP contribution is 2.25. The summed E-state index contributed by atoms with van der Waals surface area (Å²) in [5.74, 6) is -1.57. The number of halogens is 2. The van der Waals surface area contributed by atoms with Crippen LogP contribution in [0.4, 0.5) is 8.78 Å². The molecular formula is C23H26F2N2O4. The molecule has 0 aliphatic carbocycles. The second-order valence-electron chi connectivity index (χ2n) is 7.35. The molecule has 0 aliphatic heterocycles. The van der Waals surface area contributed by atoms with Crippen molar-refractivity contribution in [2.75, 3.05) is 19.8 Å². The Morgan fingerprint density at radius 3 is 2.65 bits per heavy atom. The van der Waals surface area contributed by atoms with Crippen LogP contribution in [-0.4, -0.2) is 40.1 Å². The minimum atomic E-state index is -0.692. The van der Waals surface area contributed by atoms with Crippen LogP contribution in [0.1, 0.15) is 41.5 Å². The van der Waals surface area contributed by atoms with Crippen molar-refractivity contribution in [3.8, 4) is 5.75 Å². The summed E-state index contributed by atoms with van der Waals surface area (Å²) < 4.78 is 40.5. The number of ether oxygens (including phenoxy) is 2. The van der Waals surface area contributed by atoms with Crippen molar-refractivity contribution in [1.29, 1.82) is 0 Å². The molecule has 0 saturated heterocycles. The smallest absolute Gasteiger partial charge is 0.181 e. The third kappa shape index (κ3) is 5.26. The Bertz CT molecular complexity index is 1030.